The van der Waals surface area contributed by atoms with E-state index in [9.17, 15) is 4.79 Å². The summed E-state index contributed by atoms with van der Waals surface area (Å²) < 4.78 is 1.63. The second-order valence-corrected chi connectivity index (χ2v) is 3.55. The highest BCUT2D eigenvalue weighted by atomic mass is 16.4. The van der Waals surface area contributed by atoms with Gasteiger partial charge in [0.25, 0.3) is 0 Å². The van der Waals surface area contributed by atoms with Crippen molar-refractivity contribution in [1.82, 2.24) is 9.78 Å². The minimum atomic E-state index is -0.967. The Hall–Kier alpha value is -1.32. The summed E-state index contributed by atoms with van der Waals surface area (Å²) >= 11 is 0. The summed E-state index contributed by atoms with van der Waals surface area (Å²) in [6.45, 7) is 4.18. The molecular formula is C9H14N2O2. The molecule has 4 nitrogen and oxygen atoms in total. The second-order valence-electron chi connectivity index (χ2n) is 3.55. The van der Waals surface area contributed by atoms with Crippen LogP contribution in [0.25, 0.3) is 0 Å². The molecule has 0 saturated heterocycles. The molecule has 1 aromatic rings. The molecule has 0 radical (unpaired) electrons. The molecule has 0 aliphatic carbocycles. The van der Waals surface area contributed by atoms with Gasteiger partial charge in [-0.1, -0.05) is 13.8 Å². The van der Waals surface area contributed by atoms with Gasteiger partial charge in [0, 0.05) is 12.7 Å². The lowest BCUT2D eigenvalue weighted by Gasteiger charge is -2.03. The predicted molar refractivity (Wildman–Crippen MR) is 48.7 cm³/mol. The van der Waals surface area contributed by atoms with Crippen LogP contribution in [0.1, 0.15) is 30.0 Å². The van der Waals surface area contributed by atoms with Crippen molar-refractivity contribution in [3.05, 3.63) is 17.5 Å². The van der Waals surface area contributed by atoms with Gasteiger partial charge in [0.1, 0.15) is 0 Å². The van der Waals surface area contributed by atoms with Crippen LogP contribution in [0.2, 0.25) is 0 Å². The highest BCUT2D eigenvalue weighted by Gasteiger charge is 2.11. The number of aromatic carboxylic acids is 1. The van der Waals surface area contributed by atoms with E-state index in [1.807, 2.05) is 0 Å². The summed E-state index contributed by atoms with van der Waals surface area (Å²) in [5.74, 6) is -0.456. The molecule has 0 fully saturated rings. The number of hydrogen-bond donors (Lipinski definition) is 1. The van der Waals surface area contributed by atoms with Gasteiger partial charge in [-0.25, -0.2) is 4.79 Å². The molecule has 1 N–H and O–H groups in total. The predicted octanol–water partition coefficient (Wildman–Crippen LogP) is 1.32. The average Bonchev–Trinajstić information content (AvgIpc) is 2.31. The van der Waals surface area contributed by atoms with Crippen molar-refractivity contribution >= 4 is 5.97 Å². The highest BCUT2D eigenvalue weighted by molar-refractivity contribution is 5.85. The third-order valence-electron chi connectivity index (χ3n) is 1.81. The molecule has 0 atom stereocenters. The van der Waals surface area contributed by atoms with Gasteiger partial charge >= 0.3 is 5.97 Å². The fraction of sp³-hybridized carbons (Fsp3) is 0.556. The van der Waals surface area contributed by atoms with Crippen molar-refractivity contribution in [3.63, 3.8) is 0 Å². The number of aryl methyl sites for hydroxylation is 1. The standard InChI is InChI=1S/C9H14N2O2/c1-6(2)4-7-5-8(9(12)13)10-11(7)3/h5-6H,4H2,1-3H3,(H,12,13). The molecule has 0 spiro atoms. The van der Waals surface area contributed by atoms with Gasteiger partial charge in [0.15, 0.2) is 5.69 Å². The van der Waals surface area contributed by atoms with Crippen LogP contribution in [0.4, 0.5) is 0 Å². The minimum absolute atomic E-state index is 0.123. The lowest BCUT2D eigenvalue weighted by Crippen LogP contribution is -2.02. The molecular weight excluding hydrogens is 168 g/mol. The van der Waals surface area contributed by atoms with E-state index in [2.05, 4.69) is 18.9 Å². The molecule has 0 aromatic carbocycles. The number of hydrogen-bond acceptors (Lipinski definition) is 2. The molecule has 0 bridgehead atoms. The Morgan fingerprint density at radius 3 is 2.69 bits per heavy atom. The van der Waals surface area contributed by atoms with Gasteiger partial charge in [0.05, 0.1) is 0 Å². The van der Waals surface area contributed by atoms with Crippen LogP contribution in [0.5, 0.6) is 0 Å². The lowest BCUT2D eigenvalue weighted by molar-refractivity contribution is 0.0689. The van der Waals surface area contributed by atoms with Gasteiger partial charge in [-0.05, 0) is 18.4 Å². The molecule has 1 heterocycles. The van der Waals surface area contributed by atoms with Gasteiger partial charge in [0.2, 0.25) is 0 Å². The maximum absolute atomic E-state index is 10.6. The van der Waals surface area contributed by atoms with Gasteiger partial charge < -0.3 is 5.11 Å². The maximum Gasteiger partial charge on any atom is 0.356 e. The van der Waals surface area contributed by atoms with E-state index in [4.69, 9.17) is 5.11 Å². The molecule has 13 heavy (non-hydrogen) atoms. The van der Waals surface area contributed by atoms with Crippen molar-refractivity contribution in [2.24, 2.45) is 13.0 Å². The Morgan fingerprint density at radius 2 is 2.31 bits per heavy atom. The molecule has 4 heteroatoms. The zero-order chi connectivity index (χ0) is 10.0. The summed E-state index contributed by atoms with van der Waals surface area (Å²) in [7, 11) is 1.77. The minimum Gasteiger partial charge on any atom is -0.476 e. The zero-order valence-electron chi connectivity index (χ0n) is 8.11. The maximum atomic E-state index is 10.6. The molecule has 0 amide bonds. The fourth-order valence-corrected chi connectivity index (χ4v) is 1.22. The van der Waals surface area contributed by atoms with E-state index in [0.29, 0.717) is 5.92 Å². The fourth-order valence-electron chi connectivity index (χ4n) is 1.22. The van der Waals surface area contributed by atoms with E-state index in [-0.39, 0.29) is 5.69 Å². The number of rotatable bonds is 3. The van der Waals surface area contributed by atoms with Crippen LogP contribution in [0.3, 0.4) is 0 Å². The highest BCUT2D eigenvalue weighted by Crippen LogP contribution is 2.09. The summed E-state index contributed by atoms with van der Waals surface area (Å²) in [6, 6.07) is 1.63. The van der Waals surface area contributed by atoms with E-state index < -0.39 is 5.97 Å². The third-order valence-corrected chi connectivity index (χ3v) is 1.81. The summed E-state index contributed by atoms with van der Waals surface area (Å²) in [5, 5.41) is 12.6. The van der Waals surface area contributed by atoms with Crippen LogP contribution in [0, 0.1) is 5.92 Å². The molecule has 0 saturated carbocycles. The molecule has 0 aliphatic rings. The Labute approximate surface area is 77.2 Å². The number of carboxylic acid groups (broad SMARTS) is 1. The van der Waals surface area contributed by atoms with Crippen molar-refractivity contribution in [1.29, 1.82) is 0 Å². The molecule has 72 valence electrons. The third kappa shape index (κ3) is 2.31. The largest absolute Gasteiger partial charge is 0.476 e. The number of aromatic nitrogens is 2. The average molecular weight is 182 g/mol. The van der Waals surface area contributed by atoms with Crippen LogP contribution in [-0.4, -0.2) is 20.9 Å². The number of nitrogens with zero attached hydrogens (tertiary/aromatic N) is 2. The van der Waals surface area contributed by atoms with Crippen molar-refractivity contribution in [2.45, 2.75) is 20.3 Å². The summed E-state index contributed by atoms with van der Waals surface area (Å²) in [4.78, 5) is 10.6. The van der Waals surface area contributed by atoms with Gasteiger partial charge in [-0.2, -0.15) is 5.10 Å². The van der Waals surface area contributed by atoms with Crippen LogP contribution < -0.4 is 0 Å². The monoisotopic (exact) mass is 182 g/mol. The Morgan fingerprint density at radius 1 is 1.69 bits per heavy atom. The molecule has 1 aromatic heterocycles. The van der Waals surface area contributed by atoms with Gasteiger partial charge in [-0.3, -0.25) is 4.68 Å². The van der Waals surface area contributed by atoms with E-state index in [1.54, 1.807) is 17.8 Å². The van der Waals surface area contributed by atoms with E-state index >= 15 is 0 Å². The number of carbonyl (C=O) groups is 1. The molecule has 0 unspecified atom stereocenters. The first-order valence-electron chi connectivity index (χ1n) is 4.27. The first-order chi connectivity index (χ1) is 6.00. The Balaban J connectivity index is 2.90. The normalized spacial score (nSPS) is 10.8. The molecule has 1 rings (SSSR count). The lowest BCUT2D eigenvalue weighted by atomic mass is 10.1. The molecule has 0 aliphatic heterocycles. The Kier molecular flexibility index (Phi) is 2.70. The van der Waals surface area contributed by atoms with Crippen LogP contribution in [-0.2, 0) is 13.5 Å². The van der Waals surface area contributed by atoms with Crippen LogP contribution >= 0.6 is 0 Å². The first-order valence-corrected chi connectivity index (χ1v) is 4.27. The second kappa shape index (κ2) is 3.60. The van der Waals surface area contributed by atoms with E-state index in [0.717, 1.165) is 12.1 Å². The quantitative estimate of drug-likeness (QED) is 0.767. The smallest absolute Gasteiger partial charge is 0.356 e. The van der Waals surface area contributed by atoms with Crippen molar-refractivity contribution in [2.75, 3.05) is 0 Å². The summed E-state index contributed by atoms with van der Waals surface area (Å²) in [6.07, 6.45) is 0.858. The first kappa shape index (κ1) is 9.77. The zero-order valence-corrected chi connectivity index (χ0v) is 8.11. The van der Waals surface area contributed by atoms with Crippen molar-refractivity contribution < 1.29 is 9.90 Å². The number of carboxylic acids is 1. The Bertz CT molecular complexity index is 315. The summed E-state index contributed by atoms with van der Waals surface area (Å²) in [5.41, 5.74) is 1.09. The van der Waals surface area contributed by atoms with Crippen molar-refractivity contribution in [3.8, 4) is 0 Å². The van der Waals surface area contributed by atoms with E-state index in [1.165, 1.54) is 0 Å². The van der Waals surface area contributed by atoms with Gasteiger partial charge in [-0.15, -0.1) is 0 Å². The SMILES string of the molecule is CC(C)Cc1cc(C(=O)O)nn1C. The topological polar surface area (TPSA) is 55.1 Å². The van der Waals surface area contributed by atoms with Crippen LogP contribution in [0.15, 0.2) is 6.07 Å².